The number of hydrogen-bond acceptors (Lipinski definition) is 5. The number of carbonyl (C=O) groups excluding carboxylic acids is 1. The lowest BCUT2D eigenvalue weighted by Gasteiger charge is -2.27. The lowest BCUT2D eigenvalue weighted by atomic mass is 10.2. The highest BCUT2D eigenvalue weighted by Gasteiger charge is 2.42. The van der Waals surface area contributed by atoms with Gasteiger partial charge in [-0.15, -0.1) is 0 Å². The van der Waals surface area contributed by atoms with Gasteiger partial charge in [0.15, 0.2) is 5.66 Å². The van der Waals surface area contributed by atoms with Gasteiger partial charge in [0.1, 0.15) is 5.60 Å². The van der Waals surface area contributed by atoms with E-state index in [0.29, 0.717) is 6.42 Å². The zero-order valence-electron chi connectivity index (χ0n) is 12.2. The third-order valence-corrected chi connectivity index (χ3v) is 4.64. The smallest absolute Gasteiger partial charge is 0.344 e. The van der Waals surface area contributed by atoms with Crippen LogP contribution >= 0.6 is 7.60 Å². The SMILES string of the molecule is CCOP(=O)(OCC)C(CC)C(=O)OC(C)(C)C. The second-order valence-electron chi connectivity index (χ2n) is 4.83. The van der Waals surface area contributed by atoms with Crippen molar-refractivity contribution in [2.75, 3.05) is 13.2 Å². The number of carbonyl (C=O) groups is 1. The van der Waals surface area contributed by atoms with Gasteiger partial charge in [-0.3, -0.25) is 9.36 Å². The summed E-state index contributed by atoms with van der Waals surface area (Å²) in [7, 11) is -3.45. The molecule has 0 N–H and O–H groups in total. The van der Waals surface area contributed by atoms with Crippen LogP contribution in [-0.2, 0) is 23.1 Å². The van der Waals surface area contributed by atoms with Crippen LogP contribution in [0.3, 0.4) is 0 Å². The third kappa shape index (κ3) is 5.51. The molecule has 6 heteroatoms. The summed E-state index contributed by atoms with van der Waals surface area (Å²) in [5.74, 6) is -0.532. The summed E-state index contributed by atoms with van der Waals surface area (Å²) in [6.45, 7) is 11.0. The topological polar surface area (TPSA) is 61.8 Å². The number of ether oxygens (including phenoxy) is 1. The van der Waals surface area contributed by atoms with Gasteiger partial charge in [-0.05, 0) is 41.0 Å². The Balaban J connectivity index is 5.01. The number of esters is 1. The number of hydrogen-bond donors (Lipinski definition) is 0. The molecule has 0 radical (unpaired) electrons. The zero-order chi connectivity index (χ0) is 14.4. The van der Waals surface area contributed by atoms with Gasteiger partial charge in [0.05, 0.1) is 13.2 Å². The molecule has 5 nitrogen and oxygen atoms in total. The lowest BCUT2D eigenvalue weighted by molar-refractivity contribution is -0.154. The van der Waals surface area contributed by atoms with Crippen molar-refractivity contribution in [1.29, 1.82) is 0 Å². The minimum atomic E-state index is -3.45. The molecule has 18 heavy (non-hydrogen) atoms. The first kappa shape index (κ1) is 17.6. The largest absolute Gasteiger partial charge is 0.459 e. The van der Waals surface area contributed by atoms with Gasteiger partial charge in [-0.1, -0.05) is 6.92 Å². The summed E-state index contributed by atoms with van der Waals surface area (Å²) in [6, 6.07) is 0. The summed E-state index contributed by atoms with van der Waals surface area (Å²) in [5.41, 5.74) is -1.48. The normalized spacial score (nSPS) is 14.3. The van der Waals surface area contributed by atoms with Crippen LogP contribution in [0.1, 0.15) is 48.0 Å². The Morgan fingerprint density at radius 3 is 1.83 bits per heavy atom. The molecule has 0 spiro atoms. The van der Waals surface area contributed by atoms with E-state index in [4.69, 9.17) is 13.8 Å². The Hall–Kier alpha value is -0.380. The maximum Gasteiger partial charge on any atom is 0.344 e. The van der Waals surface area contributed by atoms with E-state index in [1.807, 2.05) is 0 Å². The van der Waals surface area contributed by atoms with Crippen molar-refractivity contribution < 1.29 is 23.1 Å². The summed E-state index contributed by atoms with van der Waals surface area (Å²) in [4.78, 5) is 12.0. The fourth-order valence-corrected chi connectivity index (χ4v) is 3.38. The number of rotatable bonds is 7. The third-order valence-electron chi connectivity index (χ3n) is 2.07. The van der Waals surface area contributed by atoms with E-state index < -0.39 is 24.8 Å². The van der Waals surface area contributed by atoms with Crippen LogP contribution in [0.15, 0.2) is 0 Å². The fourth-order valence-electron chi connectivity index (χ4n) is 1.47. The van der Waals surface area contributed by atoms with Crippen molar-refractivity contribution in [2.45, 2.75) is 59.2 Å². The molecule has 0 rings (SSSR count). The molecule has 0 aliphatic carbocycles. The maximum absolute atomic E-state index is 12.5. The van der Waals surface area contributed by atoms with E-state index in [2.05, 4.69) is 0 Å². The van der Waals surface area contributed by atoms with E-state index in [9.17, 15) is 9.36 Å². The van der Waals surface area contributed by atoms with Crippen molar-refractivity contribution in [3.63, 3.8) is 0 Å². The lowest BCUT2D eigenvalue weighted by Crippen LogP contribution is -2.32. The monoisotopic (exact) mass is 280 g/mol. The van der Waals surface area contributed by atoms with Crippen LogP contribution in [-0.4, -0.2) is 30.4 Å². The predicted octanol–water partition coefficient (Wildman–Crippen LogP) is 3.37. The van der Waals surface area contributed by atoms with E-state index in [0.717, 1.165) is 0 Å². The molecule has 1 unspecified atom stereocenters. The molecule has 0 bridgehead atoms. The highest BCUT2D eigenvalue weighted by Crippen LogP contribution is 2.54. The fraction of sp³-hybridized carbons (Fsp3) is 0.917. The van der Waals surface area contributed by atoms with Crippen LogP contribution < -0.4 is 0 Å². The van der Waals surface area contributed by atoms with Crippen LogP contribution in [0.4, 0.5) is 0 Å². The first-order valence-electron chi connectivity index (χ1n) is 6.31. The Morgan fingerprint density at radius 1 is 1.11 bits per heavy atom. The predicted molar refractivity (Wildman–Crippen MR) is 70.8 cm³/mol. The molecular formula is C12H25O5P. The highest BCUT2D eigenvalue weighted by molar-refractivity contribution is 7.55. The minimum absolute atomic E-state index is 0.233. The molecule has 0 fully saturated rings. The Morgan fingerprint density at radius 2 is 1.56 bits per heavy atom. The summed E-state index contributed by atoms with van der Waals surface area (Å²) >= 11 is 0. The van der Waals surface area contributed by atoms with Gasteiger partial charge in [0.2, 0.25) is 0 Å². The van der Waals surface area contributed by atoms with Gasteiger partial charge in [-0.25, -0.2) is 0 Å². The molecule has 0 saturated heterocycles. The molecule has 0 saturated carbocycles. The molecule has 108 valence electrons. The van der Waals surface area contributed by atoms with Crippen molar-refractivity contribution in [3.05, 3.63) is 0 Å². The van der Waals surface area contributed by atoms with Crippen molar-refractivity contribution in [1.82, 2.24) is 0 Å². The average Bonchev–Trinajstić information content (AvgIpc) is 2.15. The molecule has 0 aliphatic heterocycles. The van der Waals surface area contributed by atoms with E-state index in [1.54, 1.807) is 41.5 Å². The molecule has 1 atom stereocenters. The molecule has 0 aromatic heterocycles. The molecule has 0 aromatic carbocycles. The first-order chi connectivity index (χ1) is 8.20. The highest BCUT2D eigenvalue weighted by atomic mass is 31.2. The van der Waals surface area contributed by atoms with Gasteiger partial charge in [0.25, 0.3) is 0 Å². The standard InChI is InChI=1S/C12H25O5P/c1-7-10(11(13)17-12(4,5)6)18(14,15-8-2)16-9-3/h10H,7-9H2,1-6H3. The Kier molecular flexibility index (Phi) is 7.11. The quantitative estimate of drug-likeness (QED) is 0.528. The van der Waals surface area contributed by atoms with E-state index in [-0.39, 0.29) is 13.2 Å². The summed E-state index contributed by atoms with van der Waals surface area (Å²) in [6.07, 6.45) is 0.353. The van der Waals surface area contributed by atoms with Gasteiger partial charge in [0, 0.05) is 0 Å². The van der Waals surface area contributed by atoms with Crippen molar-refractivity contribution in [3.8, 4) is 0 Å². The minimum Gasteiger partial charge on any atom is -0.459 e. The second-order valence-corrected chi connectivity index (χ2v) is 7.05. The molecular weight excluding hydrogens is 255 g/mol. The van der Waals surface area contributed by atoms with Gasteiger partial charge >= 0.3 is 13.6 Å². The average molecular weight is 280 g/mol. The summed E-state index contributed by atoms with van der Waals surface area (Å²) < 4.78 is 28.2. The molecule has 0 amide bonds. The zero-order valence-corrected chi connectivity index (χ0v) is 13.1. The van der Waals surface area contributed by atoms with Gasteiger partial charge < -0.3 is 13.8 Å². The second kappa shape index (κ2) is 7.27. The van der Waals surface area contributed by atoms with Crippen LogP contribution in [0.2, 0.25) is 0 Å². The molecule has 0 aromatic rings. The van der Waals surface area contributed by atoms with Crippen molar-refractivity contribution >= 4 is 13.6 Å². The molecule has 0 heterocycles. The van der Waals surface area contributed by atoms with Gasteiger partial charge in [-0.2, -0.15) is 0 Å². The first-order valence-corrected chi connectivity index (χ1v) is 7.93. The van der Waals surface area contributed by atoms with Crippen LogP contribution in [0.5, 0.6) is 0 Å². The molecule has 0 aliphatic rings. The van der Waals surface area contributed by atoms with Crippen LogP contribution in [0, 0.1) is 0 Å². The Labute approximate surface area is 110 Å². The van der Waals surface area contributed by atoms with E-state index in [1.165, 1.54) is 0 Å². The summed E-state index contributed by atoms with van der Waals surface area (Å²) in [5, 5.41) is 0. The van der Waals surface area contributed by atoms with E-state index >= 15 is 0 Å². The Bertz CT molecular complexity index is 298. The van der Waals surface area contributed by atoms with Crippen molar-refractivity contribution in [2.24, 2.45) is 0 Å². The maximum atomic E-state index is 12.5. The van der Waals surface area contributed by atoms with Crippen LogP contribution in [0.25, 0.3) is 0 Å².